The van der Waals surface area contributed by atoms with Crippen LogP contribution in [0, 0.1) is 6.92 Å². The van der Waals surface area contributed by atoms with Gasteiger partial charge in [-0.15, -0.1) is 0 Å². The summed E-state index contributed by atoms with van der Waals surface area (Å²) in [7, 11) is 0. The van der Waals surface area contributed by atoms with Gasteiger partial charge in [0.25, 0.3) is 0 Å². The number of aromatic nitrogens is 2. The first-order chi connectivity index (χ1) is 9.15. The third-order valence-corrected chi connectivity index (χ3v) is 3.54. The fraction of sp³-hybridized carbons (Fsp3) is 0.0667. The highest BCUT2D eigenvalue weighted by Crippen LogP contribution is 2.29. The normalized spacial score (nSPS) is 10.9. The minimum absolute atomic E-state index is 0.168. The second kappa shape index (κ2) is 4.80. The Morgan fingerprint density at radius 2 is 1.74 bits per heavy atom. The van der Waals surface area contributed by atoms with Gasteiger partial charge < -0.3 is 0 Å². The van der Waals surface area contributed by atoms with Gasteiger partial charge >= 0.3 is 0 Å². The lowest BCUT2D eigenvalue weighted by Gasteiger charge is -2.07. The van der Waals surface area contributed by atoms with E-state index in [0.717, 1.165) is 16.5 Å². The maximum atomic E-state index is 6.13. The first kappa shape index (κ1) is 12.4. The Kier molecular flexibility index (Phi) is 3.13. The van der Waals surface area contributed by atoms with Crippen molar-refractivity contribution in [2.24, 2.45) is 0 Å². The molecule has 1 aromatic heterocycles. The Labute approximate surface area is 121 Å². The zero-order valence-electron chi connectivity index (χ0n) is 10.2. The summed E-state index contributed by atoms with van der Waals surface area (Å²) in [4.78, 5) is 8.14. The van der Waals surface area contributed by atoms with Crippen LogP contribution in [-0.2, 0) is 0 Å². The maximum absolute atomic E-state index is 6.13. The monoisotopic (exact) mass is 288 g/mol. The lowest BCUT2D eigenvalue weighted by atomic mass is 9.99. The number of aryl methyl sites for hydroxylation is 1. The molecule has 0 spiro atoms. The van der Waals surface area contributed by atoms with E-state index in [1.165, 1.54) is 11.1 Å². The summed E-state index contributed by atoms with van der Waals surface area (Å²) in [5.41, 5.74) is 4.24. The lowest BCUT2D eigenvalue weighted by molar-refractivity contribution is 1.22. The van der Waals surface area contributed by atoms with E-state index in [2.05, 4.69) is 29.0 Å². The van der Waals surface area contributed by atoms with Crippen LogP contribution in [0.2, 0.25) is 10.4 Å². The quantitative estimate of drug-likeness (QED) is 0.470. The Bertz CT molecular complexity index is 769. The molecular formula is C15H10Cl2N2. The van der Waals surface area contributed by atoms with Gasteiger partial charge in [-0.2, -0.15) is 0 Å². The third-order valence-electron chi connectivity index (χ3n) is 3.08. The molecule has 3 aromatic rings. The molecule has 0 saturated carbocycles. The average molecular weight is 289 g/mol. The van der Waals surface area contributed by atoms with Crippen LogP contribution in [0.1, 0.15) is 5.56 Å². The van der Waals surface area contributed by atoms with Gasteiger partial charge in [-0.25, -0.2) is 9.97 Å². The first-order valence-corrected chi connectivity index (χ1v) is 6.59. The molecule has 0 aliphatic heterocycles. The number of halogens is 2. The molecule has 0 saturated heterocycles. The standard InChI is InChI=1S/C15H10Cl2N2/c1-9-4-2-3-5-11(9)10-6-7-13-12(8-10)14(16)19-15(17)18-13/h2-8H,1H3. The topological polar surface area (TPSA) is 25.8 Å². The van der Waals surface area contributed by atoms with Crippen LogP contribution in [0.5, 0.6) is 0 Å². The van der Waals surface area contributed by atoms with E-state index >= 15 is 0 Å². The van der Waals surface area contributed by atoms with Gasteiger partial charge in [0, 0.05) is 5.39 Å². The number of hydrogen-bond acceptors (Lipinski definition) is 2. The van der Waals surface area contributed by atoms with E-state index in [4.69, 9.17) is 23.2 Å². The highest BCUT2D eigenvalue weighted by molar-refractivity contribution is 6.35. The Hall–Kier alpha value is -1.64. The highest BCUT2D eigenvalue weighted by Gasteiger charge is 2.07. The minimum atomic E-state index is 0.168. The minimum Gasteiger partial charge on any atom is -0.218 e. The number of rotatable bonds is 1. The van der Waals surface area contributed by atoms with E-state index in [0.29, 0.717) is 5.15 Å². The van der Waals surface area contributed by atoms with Gasteiger partial charge in [-0.1, -0.05) is 41.9 Å². The molecule has 0 bridgehead atoms. The molecule has 0 amide bonds. The van der Waals surface area contributed by atoms with E-state index in [1.54, 1.807) is 0 Å². The number of benzene rings is 2. The fourth-order valence-corrected chi connectivity index (χ4v) is 2.58. The molecule has 0 atom stereocenters. The van der Waals surface area contributed by atoms with Gasteiger partial charge in [-0.05, 0) is 47.3 Å². The van der Waals surface area contributed by atoms with Gasteiger partial charge in [0.1, 0.15) is 5.15 Å². The van der Waals surface area contributed by atoms with Crippen molar-refractivity contribution in [3.8, 4) is 11.1 Å². The molecule has 3 rings (SSSR count). The molecule has 94 valence electrons. The molecule has 0 aliphatic carbocycles. The zero-order chi connectivity index (χ0) is 13.4. The van der Waals surface area contributed by atoms with Gasteiger partial charge in [0.2, 0.25) is 5.28 Å². The van der Waals surface area contributed by atoms with Crippen molar-refractivity contribution < 1.29 is 0 Å². The van der Waals surface area contributed by atoms with Crippen molar-refractivity contribution >= 4 is 34.1 Å². The molecule has 4 heteroatoms. The van der Waals surface area contributed by atoms with Crippen molar-refractivity contribution in [2.45, 2.75) is 6.92 Å². The number of fused-ring (bicyclic) bond motifs is 1. The molecule has 0 radical (unpaired) electrons. The van der Waals surface area contributed by atoms with Gasteiger partial charge in [-0.3, -0.25) is 0 Å². The molecule has 2 aromatic carbocycles. The fourth-order valence-electron chi connectivity index (χ4n) is 2.13. The molecule has 2 nitrogen and oxygen atoms in total. The summed E-state index contributed by atoms with van der Waals surface area (Å²) in [5.74, 6) is 0. The molecule has 1 heterocycles. The predicted molar refractivity (Wildman–Crippen MR) is 79.7 cm³/mol. The van der Waals surface area contributed by atoms with Gasteiger partial charge in [0.05, 0.1) is 5.52 Å². The molecule has 0 N–H and O–H groups in total. The number of nitrogens with zero attached hydrogens (tertiary/aromatic N) is 2. The molecule has 0 unspecified atom stereocenters. The Morgan fingerprint density at radius 3 is 2.53 bits per heavy atom. The average Bonchev–Trinajstić information content (AvgIpc) is 2.39. The predicted octanol–water partition coefficient (Wildman–Crippen LogP) is 4.91. The Balaban J connectivity index is 2.25. The summed E-state index contributed by atoms with van der Waals surface area (Å²) in [5, 5.41) is 1.36. The van der Waals surface area contributed by atoms with Crippen LogP contribution < -0.4 is 0 Å². The van der Waals surface area contributed by atoms with Crippen LogP contribution in [0.25, 0.3) is 22.0 Å². The van der Waals surface area contributed by atoms with E-state index in [1.807, 2.05) is 30.3 Å². The second-order valence-corrected chi connectivity index (χ2v) is 5.03. The van der Waals surface area contributed by atoms with Crippen LogP contribution >= 0.6 is 23.2 Å². The van der Waals surface area contributed by atoms with Gasteiger partial charge in [0.15, 0.2) is 0 Å². The third kappa shape index (κ3) is 2.29. The van der Waals surface area contributed by atoms with Crippen molar-refractivity contribution in [1.29, 1.82) is 0 Å². The maximum Gasteiger partial charge on any atom is 0.224 e. The first-order valence-electron chi connectivity index (χ1n) is 5.84. The van der Waals surface area contributed by atoms with Crippen molar-refractivity contribution in [3.63, 3.8) is 0 Å². The molecular weight excluding hydrogens is 279 g/mol. The van der Waals surface area contributed by atoms with E-state index < -0.39 is 0 Å². The lowest BCUT2D eigenvalue weighted by Crippen LogP contribution is -1.88. The van der Waals surface area contributed by atoms with Crippen molar-refractivity contribution in [2.75, 3.05) is 0 Å². The molecule has 0 fully saturated rings. The van der Waals surface area contributed by atoms with Crippen molar-refractivity contribution in [1.82, 2.24) is 9.97 Å². The molecule has 19 heavy (non-hydrogen) atoms. The summed E-state index contributed by atoms with van der Waals surface area (Å²) in [6.45, 7) is 2.08. The molecule has 0 aliphatic rings. The van der Waals surface area contributed by atoms with E-state index in [-0.39, 0.29) is 5.28 Å². The van der Waals surface area contributed by atoms with Crippen molar-refractivity contribution in [3.05, 3.63) is 58.5 Å². The highest BCUT2D eigenvalue weighted by atomic mass is 35.5. The van der Waals surface area contributed by atoms with Crippen LogP contribution in [0.4, 0.5) is 0 Å². The largest absolute Gasteiger partial charge is 0.224 e. The van der Waals surface area contributed by atoms with Crippen LogP contribution in [-0.4, -0.2) is 9.97 Å². The van der Waals surface area contributed by atoms with E-state index in [9.17, 15) is 0 Å². The van der Waals surface area contributed by atoms with Crippen LogP contribution in [0.3, 0.4) is 0 Å². The Morgan fingerprint density at radius 1 is 0.947 bits per heavy atom. The number of hydrogen-bond donors (Lipinski definition) is 0. The van der Waals surface area contributed by atoms with Crippen LogP contribution in [0.15, 0.2) is 42.5 Å². The second-order valence-electron chi connectivity index (χ2n) is 4.33. The summed E-state index contributed by atoms with van der Waals surface area (Å²) < 4.78 is 0. The summed E-state index contributed by atoms with van der Waals surface area (Å²) >= 11 is 11.9. The summed E-state index contributed by atoms with van der Waals surface area (Å²) in [6, 6.07) is 14.1. The zero-order valence-corrected chi connectivity index (χ0v) is 11.7. The summed E-state index contributed by atoms with van der Waals surface area (Å²) in [6.07, 6.45) is 0. The smallest absolute Gasteiger partial charge is 0.218 e. The SMILES string of the molecule is Cc1ccccc1-c1ccc2nc(Cl)nc(Cl)c2c1.